The molecule has 2 heterocycles. The second kappa shape index (κ2) is 16.7. The highest BCUT2D eigenvalue weighted by atomic mass is 32.2. The molecule has 0 bridgehead atoms. The molecular formula is C42H49N3O13S. The van der Waals surface area contributed by atoms with Gasteiger partial charge >= 0.3 is 0 Å². The molecule has 0 aromatic heterocycles. The summed E-state index contributed by atoms with van der Waals surface area (Å²) in [5, 5.41) is 51.1. The van der Waals surface area contributed by atoms with Gasteiger partial charge in [0.05, 0.1) is 53.1 Å². The van der Waals surface area contributed by atoms with E-state index in [0.717, 1.165) is 0 Å². The number of ether oxygens (including phenoxy) is 3. The van der Waals surface area contributed by atoms with Crippen LogP contribution in [0.4, 0.5) is 0 Å². The number of carbonyl (C=O) groups excluding carboxylic acids is 6. The zero-order chi connectivity index (χ0) is 42.5. The topological polar surface area (TPSA) is 238 Å². The lowest BCUT2D eigenvalue weighted by Crippen LogP contribution is -2.56. The second-order valence-corrected chi connectivity index (χ2v) is 17.3. The maximum absolute atomic E-state index is 13.9. The first-order valence-electron chi connectivity index (χ1n) is 19.8. The molecule has 0 radical (unpaired) electrons. The van der Waals surface area contributed by atoms with Crippen molar-refractivity contribution in [3.8, 4) is 17.2 Å². The highest BCUT2D eigenvalue weighted by Crippen LogP contribution is 2.52. The number of aliphatic hydroxyl groups excluding tert-OH is 1. The number of benzene rings is 2. The second-order valence-electron chi connectivity index (χ2n) is 16.1. The number of fused-ring (bicyclic) bond motifs is 3. The maximum Gasteiger partial charge on any atom is 0.229 e. The standard InChI is InChI=1S/C42H49N3O13S/c1-19-28(59-17-29(47)43-3)13-30(48)45(19)16-21-8-10-22(11-9-21)41(54)44-25-12-31(57-20(2)36(25)49)58-27-15-42(55,18-46)14-24-33(27)40(53)35-34(38(24)51)37(50)23-6-5-7-26(56-4)32(23)39(35)52/h5-7,18,20-22,25,27-28,31,36,49,51,53,55H,1,8-17H2,2-4H3,(H,43,47)(H,44,54)/t20?,21?,22?,25?,27-,28?,31?,36?,42-/m0/s1. The minimum Gasteiger partial charge on any atom is -0.507 e. The Bertz CT molecular complexity index is 2100. The van der Waals surface area contributed by atoms with Crippen molar-refractivity contribution < 1.29 is 63.4 Å². The van der Waals surface area contributed by atoms with Gasteiger partial charge in [0.2, 0.25) is 23.5 Å². The molecular weight excluding hydrogens is 787 g/mol. The van der Waals surface area contributed by atoms with Gasteiger partial charge in [0.25, 0.3) is 0 Å². The summed E-state index contributed by atoms with van der Waals surface area (Å²) in [4.78, 5) is 79.8. The average Bonchev–Trinajstić information content (AvgIpc) is 3.49. The number of aldehydes is 1. The highest BCUT2D eigenvalue weighted by Gasteiger charge is 2.48. The Morgan fingerprint density at radius 1 is 1.08 bits per heavy atom. The number of amides is 3. The summed E-state index contributed by atoms with van der Waals surface area (Å²) in [6.07, 6.45) is -2.42. The fourth-order valence-electron chi connectivity index (χ4n) is 9.13. The maximum atomic E-state index is 13.9. The van der Waals surface area contributed by atoms with Crippen molar-refractivity contribution in [2.45, 2.75) is 99.8 Å². The van der Waals surface area contributed by atoms with Crippen LogP contribution >= 0.6 is 11.8 Å². The van der Waals surface area contributed by atoms with Crippen molar-refractivity contribution in [2.75, 3.05) is 26.5 Å². The van der Waals surface area contributed by atoms with E-state index in [0.29, 0.717) is 37.9 Å². The Labute approximate surface area is 344 Å². The zero-order valence-electron chi connectivity index (χ0n) is 33.0. The van der Waals surface area contributed by atoms with Crippen LogP contribution in [0.15, 0.2) is 30.5 Å². The van der Waals surface area contributed by atoms with Crippen molar-refractivity contribution in [1.82, 2.24) is 15.5 Å². The molecule has 3 fully saturated rings. The molecule has 59 heavy (non-hydrogen) atoms. The molecule has 2 saturated heterocycles. The first-order chi connectivity index (χ1) is 28.1. The first-order valence-corrected chi connectivity index (χ1v) is 20.8. The molecule has 17 heteroatoms. The molecule has 3 amide bonds. The Balaban J connectivity index is 1.04. The number of nitrogens with one attached hydrogen (secondary N) is 2. The molecule has 2 aliphatic heterocycles. The molecule has 2 aromatic carbocycles. The summed E-state index contributed by atoms with van der Waals surface area (Å²) in [7, 11) is 2.89. The van der Waals surface area contributed by atoms with Crippen molar-refractivity contribution >= 4 is 47.3 Å². The number of likely N-dealkylation sites (tertiary alicyclic amines) is 1. The molecule has 6 N–H and O–H groups in total. The van der Waals surface area contributed by atoms with Crippen LogP contribution in [-0.2, 0) is 35.1 Å². The van der Waals surface area contributed by atoms with Gasteiger partial charge in [0.1, 0.15) is 29.0 Å². The molecule has 7 rings (SSSR count). The summed E-state index contributed by atoms with van der Waals surface area (Å²) in [5.41, 5.74) is -2.76. The van der Waals surface area contributed by atoms with Crippen LogP contribution in [0.3, 0.4) is 0 Å². The number of ketones is 2. The normalized spacial score (nSPS) is 30.3. The molecule has 5 unspecified atom stereocenters. The predicted molar refractivity (Wildman–Crippen MR) is 211 cm³/mol. The number of aromatic hydroxyl groups is 2. The SMILES string of the molecule is C=C1C(SCC(=O)NC)CC(=O)N1CC1CCC(C(=O)NC2CC(O[C@H]3C[C@](O)(C=O)Cc4c(O)c5c(c(O)c43)C(=O)c3c(OC)cccc3C5=O)OC(C)C2O)CC1. The van der Waals surface area contributed by atoms with E-state index >= 15 is 0 Å². The molecule has 316 valence electrons. The van der Waals surface area contributed by atoms with E-state index in [9.17, 15) is 49.2 Å². The van der Waals surface area contributed by atoms with Gasteiger partial charge in [-0.2, -0.15) is 0 Å². The number of hydrogen-bond donors (Lipinski definition) is 6. The van der Waals surface area contributed by atoms with Gasteiger partial charge in [-0.1, -0.05) is 18.7 Å². The van der Waals surface area contributed by atoms with Gasteiger partial charge in [-0.15, -0.1) is 11.8 Å². The fourth-order valence-corrected chi connectivity index (χ4v) is 10.2. The van der Waals surface area contributed by atoms with Crippen molar-refractivity contribution in [1.29, 1.82) is 0 Å². The third-order valence-corrected chi connectivity index (χ3v) is 13.7. The van der Waals surface area contributed by atoms with E-state index in [1.807, 2.05) is 0 Å². The highest BCUT2D eigenvalue weighted by molar-refractivity contribution is 8.00. The number of methoxy groups -OCH3 is 1. The van der Waals surface area contributed by atoms with E-state index in [4.69, 9.17) is 14.2 Å². The van der Waals surface area contributed by atoms with Crippen molar-refractivity contribution in [3.05, 3.63) is 63.9 Å². The summed E-state index contributed by atoms with van der Waals surface area (Å²) in [6.45, 7) is 6.21. The van der Waals surface area contributed by atoms with E-state index in [1.54, 1.807) is 18.9 Å². The van der Waals surface area contributed by atoms with Gasteiger partial charge < -0.3 is 55.0 Å². The van der Waals surface area contributed by atoms with Crippen molar-refractivity contribution in [3.63, 3.8) is 0 Å². The molecule has 7 atom stereocenters. The lowest BCUT2D eigenvalue weighted by atomic mass is 9.73. The van der Waals surface area contributed by atoms with Crippen LogP contribution in [0.25, 0.3) is 0 Å². The number of hydrogen-bond acceptors (Lipinski definition) is 14. The van der Waals surface area contributed by atoms with E-state index in [2.05, 4.69) is 17.2 Å². The Kier molecular flexibility index (Phi) is 12.0. The van der Waals surface area contributed by atoms with Crippen LogP contribution in [0.2, 0.25) is 0 Å². The van der Waals surface area contributed by atoms with Crippen LogP contribution in [0, 0.1) is 11.8 Å². The molecule has 3 aliphatic carbocycles. The fraction of sp³-hybridized carbons (Fsp3) is 0.524. The van der Waals surface area contributed by atoms with Gasteiger partial charge in [0, 0.05) is 67.6 Å². The Hall–Kier alpha value is -4.81. The quantitative estimate of drug-likeness (QED) is 0.120. The van der Waals surface area contributed by atoms with Gasteiger partial charge in [-0.05, 0) is 44.6 Å². The summed E-state index contributed by atoms with van der Waals surface area (Å²) in [5.74, 6) is -3.18. The van der Waals surface area contributed by atoms with Crippen LogP contribution in [-0.4, -0.2) is 123 Å². The van der Waals surface area contributed by atoms with Crippen LogP contribution in [0.1, 0.15) is 101 Å². The third-order valence-electron chi connectivity index (χ3n) is 12.4. The predicted octanol–water partition coefficient (Wildman–Crippen LogP) is 2.20. The smallest absolute Gasteiger partial charge is 0.229 e. The lowest BCUT2D eigenvalue weighted by Gasteiger charge is -2.42. The van der Waals surface area contributed by atoms with E-state index < -0.39 is 83.3 Å². The number of rotatable bonds is 11. The monoisotopic (exact) mass is 835 g/mol. The number of phenols is 2. The van der Waals surface area contributed by atoms with Gasteiger partial charge in [0.15, 0.2) is 18.4 Å². The number of aliphatic hydroxyl groups is 2. The summed E-state index contributed by atoms with van der Waals surface area (Å²) < 4.78 is 17.6. The van der Waals surface area contributed by atoms with E-state index in [-0.39, 0.29) is 87.7 Å². The zero-order valence-corrected chi connectivity index (χ0v) is 33.8. The number of nitrogens with zero attached hydrogens (tertiary/aromatic N) is 1. The number of thioether (sulfide) groups is 1. The minimum atomic E-state index is -2.10. The Morgan fingerprint density at radius 2 is 1.80 bits per heavy atom. The van der Waals surface area contributed by atoms with Crippen molar-refractivity contribution in [2.24, 2.45) is 11.8 Å². The molecule has 16 nitrogen and oxygen atoms in total. The lowest BCUT2D eigenvalue weighted by molar-refractivity contribution is -0.249. The molecule has 0 spiro atoms. The largest absolute Gasteiger partial charge is 0.507 e. The Morgan fingerprint density at radius 3 is 2.47 bits per heavy atom. The first kappa shape index (κ1) is 42.3. The van der Waals surface area contributed by atoms with Gasteiger partial charge in [-0.3, -0.25) is 24.0 Å². The molecule has 5 aliphatic rings. The molecule has 1 saturated carbocycles. The minimum absolute atomic E-state index is 0.0300. The van der Waals surface area contributed by atoms with E-state index in [1.165, 1.54) is 37.1 Å². The summed E-state index contributed by atoms with van der Waals surface area (Å²) in [6, 6.07) is 3.55. The third kappa shape index (κ3) is 7.86. The van der Waals surface area contributed by atoms with Crippen LogP contribution in [0.5, 0.6) is 17.2 Å². The number of phenolic OH excluding ortho intramolecular Hbond substituents is 2. The summed E-state index contributed by atoms with van der Waals surface area (Å²) >= 11 is 1.39. The van der Waals surface area contributed by atoms with Gasteiger partial charge in [-0.25, -0.2) is 0 Å². The molecule has 2 aromatic rings. The number of carbonyl (C=O) groups is 6. The average molecular weight is 836 g/mol. The van der Waals surface area contributed by atoms with Crippen LogP contribution < -0.4 is 15.4 Å².